The topological polar surface area (TPSA) is 107 Å². The summed E-state index contributed by atoms with van der Waals surface area (Å²) < 4.78 is 30.9. The van der Waals surface area contributed by atoms with Gasteiger partial charge >= 0.3 is 5.97 Å². The molecule has 0 spiro atoms. The average molecular weight is 319 g/mol. The minimum Gasteiger partial charge on any atom is -0.481 e. The molecule has 0 bridgehead atoms. The normalized spacial score (nSPS) is 16.0. The van der Waals surface area contributed by atoms with Crippen LogP contribution >= 0.6 is 0 Å². The van der Waals surface area contributed by atoms with Gasteiger partial charge in [0.1, 0.15) is 21.3 Å². The number of anilines is 1. The molecule has 1 atom stereocenters. The van der Waals surface area contributed by atoms with Gasteiger partial charge in [0.25, 0.3) is 0 Å². The Morgan fingerprint density at radius 3 is 2.55 bits per heavy atom. The van der Waals surface area contributed by atoms with E-state index in [-0.39, 0.29) is 21.3 Å². The first-order valence-corrected chi connectivity index (χ1v) is 7.98. The molecule has 0 saturated heterocycles. The van der Waals surface area contributed by atoms with Gasteiger partial charge in [0, 0.05) is 11.8 Å². The van der Waals surface area contributed by atoms with Gasteiger partial charge in [-0.2, -0.15) is 0 Å². The van der Waals surface area contributed by atoms with Crippen molar-refractivity contribution in [1.82, 2.24) is 0 Å². The smallest absolute Gasteiger partial charge is 0.310 e. The van der Waals surface area contributed by atoms with Crippen LogP contribution in [-0.2, 0) is 14.6 Å². The van der Waals surface area contributed by atoms with Crippen molar-refractivity contribution in [2.45, 2.75) is 22.6 Å². The van der Waals surface area contributed by atoms with Gasteiger partial charge in [-0.3, -0.25) is 4.79 Å². The Morgan fingerprint density at radius 1 is 1.14 bits per heavy atom. The third kappa shape index (κ3) is 2.10. The quantitative estimate of drug-likeness (QED) is 0.702. The van der Waals surface area contributed by atoms with Crippen LogP contribution in [0.15, 0.2) is 46.2 Å². The van der Waals surface area contributed by atoms with Crippen LogP contribution in [0, 0.1) is 0 Å². The zero-order chi connectivity index (χ0) is 16.1. The van der Waals surface area contributed by atoms with Crippen molar-refractivity contribution in [1.29, 1.82) is 0 Å². The highest BCUT2D eigenvalue weighted by Gasteiger charge is 2.32. The van der Waals surface area contributed by atoms with Gasteiger partial charge in [-0.05, 0) is 36.8 Å². The van der Waals surface area contributed by atoms with E-state index in [0.717, 1.165) is 0 Å². The summed E-state index contributed by atoms with van der Waals surface area (Å²) in [6.07, 6.45) is 0. The number of ether oxygens (including phenoxy) is 1. The van der Waals surface area contributed by atoms with Gasteiger partial charge in [0.15, 0.2) is 0 Å². The van der Waals surface area contributed by atoms with E-state index in [4.69, 9.17) is 15.6 Å². The van der Waals surface area contributed by atoms with Gasteiger partial charge < -0.3 is 15.6 Å². The number of nitrogen functional groups attached to an aromatic ring is 1. The number of benzene rings is 2. The van der Waals surface area contributed by atoms with Crippen molar-refractivity contribution in [3.8, 4) is 11.5 Å². The largest absolute Gasteiger partial charge is 0.481 e. The number of hydrogen-bond acceptors (Lipinski definition) is 5. The summed E-state index contributed by atoms with van der Waals surface area (Å²) in [4.78, 5) is 11.1. The number of hydrogen-bond donors (Lipinski definition) is 2. The van der Waals surface area contributed by atoms with Crippen LogP contribution in [0.3, 0.4) is 0 Å². The lowest BCUT2D eigenvalue weighted by atomic mass is 10.0. The molecule has 22 heavy (non-hydrogen) atoms. The van der Waals surface area contributed by atoms with Crippen LogP contribution in [0.5, 0.6) is 11.5 Å². The molecule has 2 aromatic carbocycles. The lowest BCUT2D eigenvalue weighted by Gasteiger charge is -2.21. The van der Waals surface area contributed by atoms with E-state index in [1.54, 1.807) is 6.07 Å². The van der Waals surface area contributed by atoms with E-state index < -0.39 is 21.7 Å². The molecule has 0 radical (unpaired) electrons. The van der Waals surface area contributed by atoms with Gasteiger partial charge in [0.2, 0.25) is 9.84 Å². The number of carboxylic acids is 1. The van der Waals surface area contributed by atoms with E-state index in [0.29, 0.717) is 11.3 Å². The zero-order valence-corrected chi connectivity index (χ0v) is 12.4. The van der Waals surface area contributed by atoms with Crippen molar-refractivity contribution in [3.63, 3.8) is 0 Å². The number of aliphatic carboxylic acids is 1. The maximum absolute atomic E-state index is 12.7. The summed E-state index contributed by atoms with van der Waals surface area (Å²) in [5, 5.41) is 9.06. The van der Waals surface area contributed by atoms with E-state index >= 15 is 0 Å². The molecule has 3 N–H and O–H groups in total. The van der Waals surface area contributed by atoms with Crippen LogP contribution in [0.25, 0.3) is 0 Å². The van der Waals surface area contributed by atoms with Crippen molar-refractivity contribution in [2.24, 2.45) is 0 Å². The Labute approximate surface area is 127 Å². The molecule has 0 aliphatic carbocycles. The highest BCUT2D eigenvalue weighted by atomic mass is 32.2. The first kappa shape index (κ1) is 14.4. The van der Waals surface area contributed by atoms with E-state index in [2.05, 4.69) is 0 Å². The SMILES string of the molecule is CC(C(=O)O)c1ccc2c(c1)S(=O)(=O)c1ccc(N)cc1O2. The number of fused-ring (bicyclic) bond motifs is 2. The monoisotopic (exact) mass is 319 g/mol. The maximum atomic E-state index is 12.7. The molecule has 0 amide bonds. The molecule has 1 heterocycles. The minimum atomic E-state index is -3.77. The molecule has 114 valence electrons. The summed E-state index contributed by atoms with van der Waals surface area (Å²) in [5.74, 6) is -1.50. The van der Waals surface area contributed by atoms with Crippen LogP contribution in [0.1, 0.15) is 18.4 Å². The molecule has 3 rings (SSSR count). The standard InChI is InChI=1S/C15H13NO5S/c1-8(15(17)18)9-2-4-11-14(6-9)22(19,20)13-5-3-10(16)7-12(13)21-11/h2-8H,16H2,1H3,(H,17,18). The summed E-state index contributed by atoms with van der Waals surface area (Å²) >= 11 is 0. The molecule has 0 saturated carbocycles. The summed E-state index contributed by atoms with van der Waals surface area (Å²) in [6, 6.07) is 8.68. The second-order valence-electron chi connectivity index (χ2n) is 5.08. The van der Waals surface area contributed by atoms with Gasteiger partial charge in [-0.15, -0.1) is 0 Å². The van der Waals surface area contributed by atoms with Crippen LogP contribution < -0.4 is 10.5 Å². The lowest BCUT2D eigenvalue weighted by molar-refractivity contribution is -0.138. The van der Waals surface area contributed by atoms with E-state index in [1.807, 2.05) is 0 Å². The molecule has 2 aromatic rings. The summed E-state index contributed by atoms with van der Waals surface area (Å²) in [7, 11) is -3.77. The minimum absolute atomic E-state index is 0.0225. The van der Waals surface area contributed by atoms with E-state index in [1.165, 1.54) is 37.3 Å². The first-order valence-electron chi connectivity index (χ1n) is 6.50. The molecule has 1 aliphatic rings. The second-order valence-corrected chi connectivity index (χ2v) is 6.96. The van der Waals surface area contributed by atoms with Crippen LogP contribution in [-0.4, -0.2) is 19.5 Å². The molecular weight excluding hydrogens is 306 g/mol. The maximum Gasteiger partial charge on any atom is 0.310 e. The van der Waals surface area contributed by atoms with Crippen molar-refractivity contribution in [3.05, 3.63) is 42.0 Å². The highest BCUT2D eigenvalue weighted by molar-refractivity contribution is 7.91. The fraction of sp³-hybridized carbons (Fsp3) is 0.133. The number of sulfone groups is 1. The first-order chi connectivity index (χ1) is 10.3. The van der Waals surface area contributed by atoms with Gasteiger partial charge in [-0.1, -0.05) is 6.07 Å². The molecule has 7 heteroatoms. The number of carbonyl (C=O) groups is 1. The predicted molar refractivity (Wildman–Crippen MR) is 78.9 cm³/mol. The van der Waals surface area contributed by atoms with Gasteiger partial charge in [0.05, 0.1) is 5.92 Å². The summed E-state index contributed by atoms with van der Waals surface area (Å²) in [6.45, 7) is 1.50. The Morgan fingerprint density at radius 2 is 1.86 bits per heavy atom. The van der Waals surface area contributed by atoms with Crippen LogP contribution in [0.4, 0.5) is 5.69 Å². The molecular formula is C15H13NO5S. The van der Waals surface area contributed by atoms with Crippen molar-refractivity contribution >= 4 is 21.5 Å². The van der Waals surface area contributed by atoms with Crippen molar-refractivity contribution < 1.29 is 23.1 Å². The Balaban J connectivity index is 2.19. The van der Waals surface area contributed by atoms with Crippen LogP contribution in [0.2, 0.25) is 0 Å². The average Bonchev–Trinajstić information content (AvgIpc) is 2.45. The van der Waals surface area contributed by atoms with E-state index in [9.17, 15) is 13.2 Å². The predicted octanol–water partition coefficient (Wildman–Crippen LogP) is 2.40. The number of nitrogens with two attached hydrogens (primary N) is 1. The Bertz CT molecular complexity index is 889. The molecule has 1 aliphatic heterocycles. The Hall–Kier alpha value is -2.54. The third-order valence-corrected chi connectivity index (χ3v) is 5.42. The highest BCUT2D eigenvalue weighted by Crippen LogP contribution is 2.44. The van der Waals surface area contributed by atoms with Gasteiger partial charge in [-0.25, -0.2) is 8.42 Å². The number of carboxylic acid groups (broad SMARTS) is 1. The molecule has 1 unspecified atom stereocenters. The second kappa shape index (κ2) is 4.74. The van der Waals surface area contributed by atoms with Crippen molar-refractivity contribution in [2.75, 3.05) is 5.73 Å². The number of rotatable bonds is 2. The fourth-order valence-corrected chi connectivity index (χ4v) is 3.81. The molecule has 0 fully saturated rings. The molecule has 0 aromatic heterocycles. The fourth-order valence-electron chi connectivity index (χ4n) is 2.29. The molecule has 6 nitrogen and oxygen atoms in total. The lowest BCUT2D eigenvalue weighted by Crippen LogP contribution is -2.13. The zero-order valence-electron chi connectivity index (χ0n) is 11.6. The Kier molecular flexibility index (Phi) is 3.10. The summed E-state index contributed by atoms with van der Waals surface area (Å²) in [5.41, 5.74) is 6.44. The third-order valence-electron chi connectivity index (χ3n) is 3.60.